The van der Waals surface area contributed by atoms with Crippen molar-refractivity contribution >= 4 is 22.6 Å². The highest BCUT2D eigenvalue weighted by atomic mass is 16.2. The first-order chi connectivity index (χ1) is 13.7. The van der Waals surface area contributed by atoms with Gasteiger partial charge in [0.25, 0.3) is 0 Å². The lowest BCUT2D eigenvalue weighted by atomic mass is 10.0. The molecule has 0 fully saturated rings. The summed E-state index contributed by atoms with van der Waals surface area (Å²) in [6.07, 6.45) is 1.94. The quantitative estimate of drug-likeness (QED) is 0.613. The Balaban J connectivity index is 1.59. The average molecular weight is 372 g/mol. The number of fused-ring (bicyclic) bond motifs is 1. The summed E-state index contributed by atoms with van der Waals surface area (Å²) >= 11 is 0. The Hall–Kier alpha value is -3.40. The SMILES string of the molecule is C=CCN(Cc1ccccc1)C(=O)CNC(=O)Cc1cccc2ccccc12. The highest BCUT2D eigenvalue weighted by Gasteiger charge is 2.14. The molecule has 0 bridgehead atoms. The first-order valence-corrected chi connectivity index (χ1v) is 9.33. The lowest BCUT2D eigenvalue weighted by molar-refractivity contribution is -0.132. The van der Waals surface area contributed by atoms with E-state index in [4.69, 9.17) is 0 Å². The lowest BCUT2D eigenvalue weighted by Crippen LogP contribution is -2.40. The van der Waals surface area contributed by atoms with E-state index in [9.17, 15) is 9.59 Å². The molecule has 3 aromatic carbocycles. The van der Waals surface area contributed by atoms with Crippen molar-refractivity contribution in [2.45, 2.75) is 13.0 Å². The van der Waals surface area contributed by atoms with E-state index < -0.39 is 0 Å². The molecule has 0 aliphatic heterocycles. The second-order valence-corrected chi connectivity index (χ2v) is 6.64. The summed E-state index contributed by atoms with van der Waals surface area (Å²) in [5, 5.41) is 4.92. The summed E-state index contributed by atoms with van der Waals surface area (Å²) in [4.78, 5) is 26.6. The van der Waals surface area contributed by atoms with Crippen LogP contribution in [0.25, 0.3) is 10.8 Å². The monoisotopic (exact) mass is 372 g/mol. The fraction of sp³-hybridized carbons (Fsp3) is 0.167. The molecular weight excluding hydrogens is 348 g/mol. The van der Waals surface area contributed by atoms with Gasteiger partial charge in [-0.05, 0) is 21.9 Å². The van der Waals surface area contributed by atoms with Crippen molar-refractivity contribution in [3.8, 4) is 0 Å². The minimum absolute atomic E-state index is 0.0235. The zero-order valence-electron chi connectivity index (χ0n) is 15.8. The van der Waals surface area contributed by atoms with E-state index in [-0.39, 0.29) is 24.8 Å². The fourth-order valence-corrected chi connectivity index (χ4v) is 3.18. The number of carbonyl (C=O) groups is 2. The van der Waals surface area contributed by atoms with Gasteiger partial charge in [0, 0.05) is 13.1 Å². The predicted octanol–water partition coefficient (Wildman–Crippen LogP) is 3.71. The number of benzene rings is 3. The molecule has 0 radical (unpaired) electrons. The summed E-state index contributed by atoms with van der Waals surface area (Å²) in [6, 6.07) is 23.7. The maximum atomic E-state index is 12.6. The second-order valence-electron chi connectivity index (χ2n) is 6.64. The number of hydrogen-bond acceptors (Lipinski definition) is 2. The Morgan fingerprint density at radius 1 is 0.929 bits per heavy atom. The van der Waals surface area contributed by atoms with Gasteiger partial charge in [0.2, 0.25) is 11.8 Å². The maximum Gasteiger partial charge on any atom is 0.242 e. The zero-order chi connectivity index (χ0) is 19.8. The van der Waals surface area contributed by atoms with Crippen LogP contribution in [-0.2, 0) is 22.6 Å². The van der Waals surface area contributed by atoms with Crippen molar-refractivity contribution in [1.29, 1.82) is 0 Å². The highest BCUT2D eigenvalue weighted by molar-refractivity contribution is 5.91. The van der Waals surface area contributed by atoms with Crippen molar-refractivity contribution in [3.63, 3.8) is 0 Å². The molecule has 142 valence electrons. The van der Waals surface area contributed by atoms with Crippen molar-refractivity contribution < 1.29 is 9.59 Å². The number of carbonyl (C=O) groups excluding carboxylic acids is 2. The second kappa shape index (κ2) is 9.51. The molecule has 4 heteroatoms. The van der Waals surface area contributed by atoms with Crippen LogP contribution in [0, 0.1) is 0 Å². The normalized spacial score (nSPS) is 10.4. The van der Waals surface area contributed by atoms with Gasteiger partial charge < -0.3 is 10.2 Å². The number of amides is 2. The van der Waals surface area contributed by atoms with Crippen LogP contribution >= 0.6 is 0 Å². The van der Waals surface area contributed by atoms with E-state index in [1.54, 1.807) is 11.0 Å². The molecule has 0 aromatic heterocycles. The molecule has 2 amide bonds. The Morgan fingerprint density at radius 2 is 1.64 bits per heavy atom. The molecule has 4 nitrogen and oxygen atoms in total. The molecule has 0 aliphatic carbocycles. The topological polar surface area (TPSA) is 49.4 Å². The molecule has 0 unspecified atom stereocenters. The lowest BCUT2D eigenvalue weighted by Gasteiger charge is -2.21. The molecule has 1 N–H and O–H groups in total. The van der Waals surface area contributed by atoms with Crippen molar-refractivity contribution in [2.75, 3.05) is 13.1 Å². The Morgan fingerprint density at radius 3 is 2.43 bits per heavy atom. The first kappa shape index (κ1) is 19.4. The van der Waals surface area contributed by atoms with Gasteiger partial charge in [-0.15, -0.1) is 6.58 Å². The van der Waals surface area contributed by atoms with Crippen LogP contribution in [0.15, 0.2) is 85.5 Å². The molecule has 3 rings (SSSR count). The zero-order valence-corrected chi connectivity index (χ0v) is 15.8. The van der Waals surface area contributed by atoms with Gasteiger partial charge in [-0.3, -0.25) is 9.59 Å². The summed E-state index contributed by atoms with van der Waals surface area (Å²) in [5.41, 5.74) is 2.00. The van der Waals surface area contributed by atoms with E-state index >= 15 is 0 Å². The average Bonchev–Trinajstić information content (AvgIpc) is 2.73. The van der Waals surface area contributed by atoms with Gasteiger partial charge in [0.15, 0.2) is 0 Å². The van der Waals surface area contributed by atoms with Crippen LogP contribution in [0.5, 0.6) is 0 Å². The molecular formula is C24H24N2O2. The standard InChI is InChI=1S/C24H24N2O2/c1-2-15-26(18-19-9-4-3-5-10-19)24(28)17-25-23(27)16-21-13-8-12-20-11-6-7-14-22(20)21/h2-14H,1,15-18H2,(H,25,27). The molecule has 0 saturated heterocycles. The summed E-state index contributed by atoms with van der Waals surface area (Å²) in [7, 11) is 0. The predicted molar refractivity (Wildman–Crippen MR) is 113 cm³/mol. The van der Waals surface area contributed by atoms with Crippen LogP contribution in [-0.4, -0.2) is 29.8 Å². The van der Waals surface area contributed by atoms with Crippen LogP contribution in [0.3, 0.4) is 0 Å². The largest absolute Gasteiger partial charge is 0.347 e. The smallest absolute Gasteiger partial charge is 0.242 e. The maximum absolute atomic E-state index is 12.6. The van der Waals surface area contributed by atoms with E-state index in [2.05, 4.69) is 11.9 Å². The number of hydrogen-bond donors (Lipinski definition) is 1. The van der Waals surface area contributed by atoms with Gasteiger partial charge in [-0.1, -0.05) is 78.9 Å². The number of rotatable bonds is 8. The van der Waals surface area contributed by atoms with Gasteiger partial charge in [-0.2, -0.15) is 0 Å². The first-order valence-electron chi connectivity index (χ1n) is 9.33. The van der Waals surface area contributed by atoms with E-state index in [0.717, 1.165) is 21.9 Å². The molecule has 0 spiro atoms. The van der Waals surface area contributed by atoms with Gasteiger partial charge in [0.05, 0.1) is 13.0 Å². The van der Waals surface area contributed by atoms with E-state index in [1.807, 2.05) is 72.8 Å². The third-order valence-electron chi connectivity index (χ3n) is 4.59. The molecule has 0 aliphatic rings. The Labute approximate surface area is 165 Å². The summed E-state index contributed by atoms with van der Waals surface area (Å²) < 4.78 is 0. The fourth-order valence-electron chi connectivity index (χ4n) is 3.18. The summed E-state index contributed by atoms with van der Waals surface area (Å²) in [6.45, 7) is 4.63. The number of nitrogens with zero attached hydrogens (tertiary/aromatic N) is 1. The Bertz CT molecular complexity index is 961. The van der Waals surface area contributed by atoms with Gasteiger partial charge in [-0.25, -0.2) is 0 Å². The van der Waals surface area contributed by atoms with Crippen LogP contribution in [0.4, 0.5) is 0 Å². The van der Waals surface area contributed by atoms with E-state index in [0.29, 0.717) is 13.1 Å². The molecule has 3 aromatic rings. The van der Waals surface area contributed by atoms with Crippen molar-refractivity contribution in [2.24, 2.45) is 0 Å². The summed E-state index contributed by atoms with van der Waals surface area (Å²) in [5.74, 6) is -0.294. The number of nitrogens with one attached hydrogen (secondary N) is 1. The minimum Gasteiger partial charge on any atom is -0.347 e. The third-order valence-corrected chi connectivity index (χ3v) is 4.59. The molecule has 28 heavy (non-hydrogen) atoms. The molecule has 0 atom stereocenters. The van der Waals surface area contributed by atoms with E-state index in [1.165, 1.54) is 0 Å². The van der Waals surface area contributed by atoms with Crippen molar-refractivity contribution in [3.05, 3.63) is 96.6 Å². The Kier molecular flexibility index (Phi) is 6.58. The van der Waals surface area contributed by atoms with Gasteiger partial charge in [0.1, 0.15) is 0 Å². The van der Waals surface area contributed by atoms with Crippen LogP contribution < -0.4 is 5.32 Å². The van der Waals surface area contributed by atoms with Gasteiger partial charge >= 0.3 is 0 Å². The third kappa shape index (κ3) is 5.07. The molecule has 0 saturated carbocycles. The highest BCUT2D eigenvalue weighted by Crippen LogP contribution is 2.18. The van der Waals surface area contributed by atoms with Crippen LogP contribution in [0.1, 0.15) is 11.1 Å². The molecule has 0 heterocycles. The van der Waals surface area contributed by atoms with Crippen molar-refractivity contribution in [1.82, 2.24) is 10.2 Å². The van der Waals surface area contributed by atoms with Crippen LogP contribution in [0.2, 0.25) is 0 Å². The minimum atomic E-state index is -0.164.